The van der Waals surface area contributed by atoms with Crippen LogP contribution in [0.1, 0.15) is 122 Å². The zero-order valence-electron chi connectivity index (χ0n) is 21.3. The normalized spacial score (nSPS) is 18.5. The Morgan fingerprint density at radius 3 is 2.03 bits per heavy atom. The van der Waals surface area contributed by atoms with Crippen molar-refractivity contribution in [2.75, 3.05) is 26.2 Å². The van der Waals surface area contributed by atoms with Gasteiger partial charge >= 0.3 is 11.9 Å². The molecular weight excluding hydrogens is 418 g/mol. The molecule has 0 radical (unpaired) electrons. The lowest BCUT2D eigenvalue weighted by molar-refractivity contribution is -0.151. The fraction of sp³-hybridized carbons (Fsp3) is 0.926. The summed E-state index contributed by atoms with van der Waals surface area (Å²) < 4.78 is 5.72. The van der Waals surface area contributed by atoms with Crippen LogP contribution in [0.4, 0.5) is 0 Å². The second-order valence-electron chi connectivity index (χ2n) is 9.92. The lowest BCUT2D eigenvalue weighted by atomic mass is 9.84. The summed E-state index contributed by atoms with van der Waals surface area (Å²) in [4.78, 5) is 25.0. The summed E-state index contributed by atoms with van der Waals surface area (Å²) in [6, 6.07) is 0. The van der Waals surface area contributed by atoms with Gasteiger partial charge in [0.15, 0.2) is 0 Å². The molecule has 33 heavy (non-hydrogen) atoms. The van der Waals surface area contributed by atoms with Gasteiger partial charge in [0.1, 0.15) is 6.10 Å². The van der Waals surface area contributed by atoms with Gasteiger partial charge in [0, 0.05) is 19.4 Å². The minimum atomic E-state index is -0.710. The van der Waals surface area contributed by atoms with Crippen LogP contribution in [0.15, 0.2) is 0 Å². The van der Waals surface area contributed by atoms with Crippen LogP contribution in [-0.4, -0.2) is 59.4 Å². The van der Waals surface area contributed by atoms with Crippen molar-refractivity contribution in [3.05, 3.63) is 0 Å². The zero-order chi connectivity index (χ0) is 24.2. The van der Waals surface area contributed by atoms with Gasteiger partial charge in [-0.1, -0.05) is 58.3 Å². The number of rotatable bonds is 21. The van der Waals surface area contributed by atoms with Crippen LogP contribution in [0.3, 0.4) is 0 Å². The fourth-order valence-corrected chi connectivity index (χ4v) is 4.87. The van der Waals surface area contributed by atoms with Crippen molar-refractivity contribution < 1.29 is 24.5 Å². The van der Waals surface area contributed by atoms with Gasteiger partial charge in [-0.3, -0.25) is 9.59 Å². The highest BCUT2D eigenvalue weighted by molar-refractivity contribution is 5.69. The van der Waals surface area contributed by atoms with Gasteiger partial charge in [-0.05, 0) is 70.4 Å². The van der Waals surface area contributed by atoms with E-state index >= 15 is 0 Å². The molecule has 0 saturated heterocycles. The first-order valence-corrected chi connectivity index (χ1v) is 13.8. The van der Waals surface area contributed by atoms with E-state index in [-0.39, 0.29) is 25.1 Å². The maximum Gasteiger partial charge on any atom is 0.306 e. The Balaban J connectivity index is 2.02. The summed E-state index contributed by atoms with van der Waals surface area (Å²) in [7, 11) is 0. The predicted molar refractivity (Wildman–Crippen MR) is 133 cm³/mol. The smallest absolute Gasteiger partial charge is 0.306 e. The highest BCUT2D eigenvalue weighted by Gasteiger charge is 2.23. The molecule has 1 aliphatic rings. The van der Waals surface area contributed by atoms with Crippen molar-refractivity contribution in [2.24, 2.45) is 5.92 Å². The van der Waals surface area contributed by atoms with Crippen molar-refractivity contribution in [2.45, 2.75) is 129 Å². The zero-order valence-corrected chi connectivity index (χ0v) is 21.3. The average molecular weight is 470 g/mol. The van der Waals surface area contributed by atoms with E-state index in [1.54, 1.807) is 0 Å². The number of aliphatic hydroxyl groups is 1. The van der Waals surface area contributed by atoms with Crippen LogP contribution in [0.5, 0.6) is 0 Å². The number of carbonyl (C=O) groups is 2. The van der Waals surface area contributed by atoms with Gasteiger partial charge in [0.25, 0.3) is 0 Å². The quantitative estimate of drug-likeness (QED) is 0.160. The van der Waals surface area contributed by atoms with Crippen LogP contribution in [0.25, 0.3) is 0 Å². The molecule has 0 bridgehead atoms. The Bertz CT molecular complexity index is 491. The third-order valence-electron chi connectivity index (χ3n) is 6.94. The number of hydrogen-bond acceptors (Lipinski definition) is 5. The minimum absolute atomic E-state index is 0.0282. The third kappa shape index (κ3) is 17.0. The third-order valence-corrected chi connectivity index (χ3v) is 6.94. The number of hydrogen-bond donors (Lipinski definition) is 2. The molecule has 2 N–H and O–H groups in total. The SMILES string of the molecule is CCCCCC1CCC(OC(=O)CCCCCN(CCO)CCCCCCCC(=O)O)CC1. The van der Waals surface area contributed by atoms with Crippen molar-refractivity contribution in [3.8, 4) is 0 Å². The standard InChI is InChI=1S/C27H51NO5/c1-2-3-8-13-24-16-18-25(19-17-24)33-27(32)15-10-7-12-21-28(22-23-29)20-11-6-4-5-9-14-26(30)31/h24-25,29H,2-23H2,1H3,(H,30,31). The van der Waals surface area contributed by atoms with Gasteiger partial charge in [-0.25, -0.2) is 0 Å². The number of aliphatic carboxylic acids is 1. The number of unbranched alkanes of at least 4 members (excludes halogenated alkanes) is 8. The lowest BCUT2D eigenvalue weighted by Crippen LogP contribution is -2.29. The van der Waals surface area contributed by atoms with E-state index in [0.29, 0.717) is 13.0 Å². The van der Waals surface area contributed by atoms with Gasteiger partial charge in [0.2, 0.25) is 0 Å². The second kappa shape index (κ2) is 20.3. The van der Waals surface area contributed by atoms with E-state index in [1.165, 1.54) is 38.5 Å². The average Bonchev–Trinajstić information content (AvgIpc) is 2.79. The van der Waals surface area contributed by atoms with Gasteiger partial charge in [-0.15, -0.1) is 0 Å². The molecular formula is C27H51NO5. The molecule has 0 spiro atoms. The molecule has 0 aromatic carbocycles. The van der Waals surface area contributed by atoms with Gasteiger partial charge < -0.3 is 19.8 Å². The Hall–Kier alpha value is -1.14. The monoisotopic (exact) mass is 469 g/mol. The molecule has 0 atom stereocenters. The maximum atomic E-state index is 12.2. The molecule has 0 unspecified atom stereocenters. The summed E-state index contributed by atoms with van der Waals surface area (Å²) in [5.41, 5.74) is 0. The molecule has 1 aliphatic carbocycles. The second-order valence-corrected chi connectivity index (χ2v) is 9.92. The first-order chi connectivity index (χ1) is 16.0. The first kappa shape index (κ1) is 29.9. The van der Waals surface area contributed by atoms with E-state index in [9.17, 15) is 14.7 Å². The number of esters is 1. The lowest BCUT2D eigenvalue weighted by Gasteiger charge is -2.28. The van der Waals surface area contributed by atoms with Crippen LogP contribution in [0, 0.1) is 5.92 Å². The summed E-state index contributed by atoms with van der Waals surface area (Å²) in [5, 5.41) is 18.0. The van der Waals surface area contributed by atoms with Crippen molar-refractivity contribution in [1.82, 2.24) is 4.90 Å². The number of nitrogens with zero attached hydrogens (tertiary/aromatic N) is 1. The Labute approximate surface area is 202 Å². The molecule has 1 saturated carbocycles. The number of carboxylic acids is 1. The van der Waals surface area contributed by atoms with E-state index < -0.39 is 5.97 Å². The highest BCUT2D eigenvalue weighted by atomic mass is 16.5. The Morgan fingerprint density at radius 2 is 1.39 bits per heavy atom. The molecule has 1 fully saturated rings. The molecule has 0 amide bonds. The van der Waals surface area contributed by atoms with Crippen LogP contribution < -0.4 is 0 Å². The maximum absolute atomic E-state index is 12.2. The molecule has 0 heterocycles. The van der Waals surface area contributed by atoms with E-state index in [0.717, 1.165) is 83.2 Å². The number of carbonyl (C=O) groups excluding carboxylic acids is 1. The molecule has 6 heteroatoms. The van der Waals surface area contributed by atoms with Crippen molar-refractivity contribution >= 4 is 11.9 Å². The highest BCUT2D eigenvalue weighted by Crippen LogP contribution is 2.30. The van der Waals surface area contributed by atoms with E-state index in [4.69, 9.17) is 9.84 Å². The van der Waals surface area contributed by atoms with E-state index in [1.807, 2.05) is 0 Å². The molecule has 0 aromatic heterocycles. The van der Waals surface area contributed by atoms with Crippen LogP contribution in [-0.2, 0) is 14.3 Å². The van der Waals surface area contributed by atoms with Gasteiger partial charge in [-0.2, -0.15) is 0 Å². The van der Waals surface area contributed by atoms with E-state index in [2.05, 4.69) is 11.8 Å². The summed E-state index contributed by atoms with van der Waals surface area (Å²) in [5.74, 6) is 0.0996. The van der Waals surface area contributed by atoms with Gasteiger partial charge in [0.05, 0.1) is 6.61 Å². The molecule has 0 aliphatic heterocycles. The van der Waals surface area contributed by atoms with Crippen LogP contribution in [0.2, 0.25) is 0 Å². The minimum Gasteiger partial charge on any atom is -0.481 e. The largest absolute Gasteiger partial charge is 0.481 e. The Kier molecular flexibility index (Phi) is 18.3. The van der Waals surface area contributed by atoms with Crippen molar-refractivity contribution in [1.29, 1.82) is 0 Å². The number of aliphatic hydroxyl groups excluding tert-OH is 1. The molecule has 0 aromatic rings. The molecule has 194 valence electrons. The number of ether oxygens (including phenoxy) is 1. The Morgan fingerprint density at radius 1 is 0.788 bits per heavy atom. The van der Waals surface area contributed by atoms with Crippen molar-refractivity contribution in [3.63, 3.8) is 0 Å². The topological polar surface area (TPSA) is 87.1 Å². The summed E-state index contributed by atoms with van der Waals surface area (Å²) in [6.45, 7) is 5.05. The fourth-order valence-electron chi connectivity index (χ4n) is 4.87. The summed E-state index contributed by atoms with van der Waals surface area (Å²) >= 11 is 0. The van der Waals surface area contributed by atoms with Crippen LogP contribution >= 0.6 is 0 Å². The predicted octanol–water partition coefficient (Wildman–Crippen LogP) is 5.95. The number of carboxylic acid groups (broad SMARTS) is 1. The summed E-state index contributed by atoms with van der Waals surface area (Å²) in [6.07, 6.45) is 18.7. The molecule has 6 nitrogen and oxygen atoms in total. The first-order valence-electron chi connectivity index (χ1n) is 13.8. The molecule has 1 rings (SSSR count).